The lowest BCUT2D eigenvalue weighted by Crippen LogP contribution is -2.03. The smallest absolute Gasteiger partial charge is 0.160 e. The predicted octanol–water partition coefficient (Wildman–Crippen LogP) is 13.3. The number of aromatic nitrogens is 4. The molecule has 0 atom stereocenters. The van der Waals surface area contributed by atoms with Gasteiger partial charge in [0.2, 0.25) is 0 Å². The topological polar surface area (TPSA) is 96.4 Å². The molecule has 282 valence electrons. The highest BCUT2D eigenvalue weighted by atomic mass is 16.3. The maximum atomic E-state index is 11.1. The van der Waals surface area contributed by atoms with Crippen LogP contribution in [0.15, 0.2) is 186 Å². The van der Waals surface area contributed by atoms with E-state index >= 15 is 0 Å². The highest BCUT2D eigenvalue weighted by Crippen LogP contribution is 2.43. The van der Waals surface area contributed by atoms with Gasteiger partial charge in [0.1, 0.15) is 28.9 Å². The first kappa shape index (κ1) is 34.3. The first-order valence-corrected chi connectivity index (χ1v) is 20.0. The molecule has 0 spiro atoms. The van der Waals surface area contributed by atoms with Crippen molar-refractivity contribution in [2.75, 3.05) is 0 Å². The molecule has 0 aliphatic carbocycles. The van der Waals surface area contributed by atoms with Crippen LogP contribution in [0.5, 0.6) is 0 Å². The van der Waals surface area contributed by atoms with Crippen LogP contribution in [0.25, 0.3) is 111 Å². The zero-order valence-corrected chi connectivity index (χ0v) is 32.4. The molecule has 61 heavy (non-hydrogen) atoms. The number of benzene rings is 8. The average Bonchev–Trinajstić information content (AvgIpc) is 3.99. The summed E-state index contributed by atoms with van der Waals surface area (Å²) in [5, 5.41) is 28.4. The van der Waals surface area contributed by atoms with E-state index in [4.69, 9.17) is 14.4 Å². The van der Waals surface area contributed by atoms with Gasteiger partial charge in [0.25, 0.3) is 0 Å². The summed E-state index contributed by atoms with van der Waals surface area (Å²) in [4.78, 5) is 10.1. The monoisotopic (exact) mass is 778 g/mol. The van der Waals surface area contributed by atoms with Crippen molar-refractivity contribution in [3.63, 3.8) is 0 Å². The van der Waals surface area contributed by atoms with Gasteiger partial charge in [-0.05, 0) is 54.6 Å². The lowest BCUT2D eigenvalue weighted by atomic mass is 9.98. The highest BCUT2D eigenvalue weighted by molar-refractivity contribution is 6.24. The van der Waals surface area contributed by atoms with E-state index in [2.05, 4.69) is 100 Å². The summed E-state index contributed by atoms with van der Waals surface area (Å²) in [7, 11) is 0. The molecule has 0 saturated heterocycles. The largest absolute Gasteiger partial charge is 0.456 e. The van der Waals surface area contributed by atoms with Crippen LogP contribution in [0, 0.1) is 22.7 Å². The molecule has 12 rings (SSSR count). The molecule has 0 saturated carbocycles. The summed E-state index contributed by atoms with van der Waals surface area (Å²) >= 11 is 0. The number of nitrogens with zero attached hydrogens (tertiary/aromatic N) is 6. The summed E-state index contributed by atoms with van der Waals surface area (Å²) in [6.07, 6.45) is 0. The average molecular weight is 779 g/mol. The van der Waals surface area contributed by atoms with Crippen molar-refractivity contribution in [2.24, 2.45) is 0 Å². The summed E-state index contributed by atoms with van der Waals surface area (Å²) in [5.41, 5.74) is 11.3. The molecule has 7 nitrogen and oxygen atoms in total. The molecule has 0 fully saturated rings. The Labute approximate surface area is 348 Å². The first-order valence-electron chi connectivity index (χ1n) is 20.0. The normalized spacial score (nSPS) is 11.6. The van der Waals surface area contributed by atoms with E-state index in [-0.39, 0.29) is 0 Å². The first-order chi connectivity index (χ1) is 30.2. The van der Waals surface area contributed by atoms with Crippen molar-refractivity contribution in [3.05, 3.63) is 193 Å². The van der Waals surface area contributed by atoms with Gasteiger partial charge < -0.3 is 13.6 Å². The van der Waals surface area contributed by atoms with E-state index in [1.54, 1.807) is 0 Å². The molecule has 0 bridgehead atoms. The third kappa shape index (κ3) is 5.15. The van der Waals surface area contributed by atoms with Gasteiger partial charge >= 0.3 is 0 Å². The van der Waals surface area contributed by atoms with Crippen molar-refractivity contribution in [3.8, 4) is 57.4 Å². The quantitative estimate of drug-likeness (QED) is 0.173. The van der Waals surface area contributed by atoms with Crippen molar-refractivity contribution in [1.29, 1.82) is 10.5 Å². The second-order valence-corrected chi connectivity index (χ2v) is 15.1. The van der Waals surface area contributed by atoms with E-state index < -0.39 is 0 Å². The molecule has 0 amide bonds. The Hall–Kier alpha value is -8.78. The number of fused-ring (bicyclic) bond motifs is 10. The van der Waals surface area contributed by atoms with E-state index in [9.17, 15) is 10.5 Å². The van der Waals surface area contributed by atoms with Gasteiger partial charge in [-0.1, -0.05) is 127 Å². The van der Waals surface area contributed by atoms with Crippen LogP contribution in [0.1, 0.15) is 11.1 Å². The second kappa shape index (κ2) is 13.4. The van der Waals surface area contributed by atoms with Gasteiger partial charge in [-0.3, -0.25) is 0 Å². The molecule has 4 aromatic heterocycles. The molecule has 0 aliphatic rings. The number of nitriles is 2. The minimum absolute atomic E-state index is 0.322. The van der Waals surface area contributed by atoms with Crippen LogP contribution < -0.4 is 0 Å². The Bertz CT molecular complexity index is 3840. The number of rotatable bonds is 5. The highest BCUT2D eigenvalue weighted by Gasteiger charge is 2.24. The van der Waals surface area contributed by atoms with E-state index in [0.29, 0.717) is 33.9 Å². The van der Waals surface area contributed by atoms with Crippen molar-refractivity contribution in [2.45, 2.75) is 0 Å². The molecule has 8 aromatic carbocycles. The van der Waals surface area contributed by atoms with Gasteiger partial charge in [0.15, 0.2) is 5.82 Å². The fraction of sp³-hybridized carbons (Fsp3) is 0. The second-order valence-electron chi connectivity index (χ2n) is 15.1. The zero-order valence-electron chi connectivity index (χ0n) is 32.4. The molecule has 7 heteroatoms. The Morgan fingerprint density at radius 1 is 0.426 bits per heavy atom. The van der Waals surface area contributed by atoms with E-state index in [1.807, 2.05) is 103 Å². The fourth-order valence-corrected chi connectivity index (χ4v) is 9.14. The van der Waals surface area contributed by atoms with Crippen LogP contribution in [0.3, 0.4) is 0 Å². The van der Waals surface area contributed by atoms with Gasteiger partial charge in [-0.15, -0.1) is 0 Å². The lowest BCUT2D eigenvalue weighted by molar-refractivity contribution is 0.669. The van der Waals surface area contributed by atoms with Crippen LogP contribution >= 0.6 is 0 Å². The molecule has 0 aliphatic heterocycles. The maximum Gasteiger partial charge on any atom is 0.160 e. The van der Waals surface area contributed by atoms with Crippen molar-refractivity contribution >= 4 is 65.6 Å². The van der Waals surface area contributed by atoms with Gasteiger partial charge in [-0.25, -0.2) is 9.97 Å². The lowest BCUT2D eigenvalue weighted by Gasteiger charge is -2.15. The Balaban J connectivity index is 1.11. The van der Waals surface area contributed by atoms with Crippen molar-refractivity contribution in [1.82, 2.24) is 19.1 Å². The predicted molar refractivity (Wildman–Crippen MR) is 244 cm³/mol. The van der Waals surface area contributed by atoms with E-state index in [0.717, 1.165) is 88.1 Å². The standard InChI is InChI=1S/C54H30N6O/c55-31-36-29-34(51-44(32-56)50(33-13-3-1-4-14-33)57-54(58-51)35-23-25-41-40-19-9-12-22-48(40)61-49(41)30-35)24-28-45(36)60-47-21-11-8-18-39(47)43-27-26-42-38-17-7-10-20-46(38)59(52(42)53(43)60)37-15-5-2-6-16-37/h1-30H. The summed E-state index contributed by atoms with van der Waals surface area (Å²) in [5.74, 6) is 0.441. The van der Waals surface area contributed by atoms with Crippen LogP contribution in [-0.4, -0.2) is 19.1 Å². The number of para-hydroxylation sites is 4. The number of hydrogen-bond acceptors (Lipinski definition) is 5. The van der Waals surface area contributed by atoms with Gasteiger partial charge in [0.05, 0.1) is 44.7 Å². The van der Waals surface area contributed by atoms with Crippen LogP contribution in [0.4, 0.5) is 0 Å². The van der Waals surface area contributed by atoms with Crippen molar-refractivity contribution < 1.29 is 4.42 Å². The fourth-order valence-electron chi connectivity index (χ4n) is 9.14. The van der Waals surface area contributed by atoms with Crippen LogP contribution in [-0.2, 0) is 0 Å². The number of furan rings is 1. The van der Waals surface area contributed by atoms with Crippen LogP contribution in [0.2, 0.25) is 0 Å². The molecule has 12 aromatic rings. The summed E-state index contributed by atoms with van der Waals surface area (Å²) in [6.45, 7) is 0. The SMILES string of the molecule is N#Cc1cc(-c2nc(-c3ccc4c(c3)oc3ccccc34)nc(-c3ccccc3)c2C#N)ccc1-n1c2ccccc2c2ccc3c4ccccc4n(-c4ccccc4)c3c21. The molecule has 0 N–H and O–H groups in total. The molecule has 0 radical (unpaired) electrons. The minimum atomic E-state index is 0.322. The molecular formula is C54H30N6O. The Kier molecular flexibility index (Phi) is 7.52. The molecular weight excluding hydrogens is 749 g/mol. The minimum Gasteiger partial charge on any atom is -0.456 e. The van der Waals surface area contributed by atoms with E-state index in [1.165, 1.54) is 0 Å². The molecule has 4 heterocycles. The maximum absolute atomic E-state index is 11.1. The summed E-state index contributed by atoms with van der Waals surface area (Å²) in [6, 6.07) is 66.1. The van der Waals surface area contributed by atoms with Gasteiger partial charge in [0, 0.05) is 54.7 Å². The third-order valence-corrected chi connectivity index (χ3v) is 11.8. The summed E-state index contributed by atoms with van der Waals surface area (Å²) < 4.78 is 10.8. The zero-order chi connectivity index (χ0) is 40.6. The Morgan fingerprint density at radius 2 is 0.984 bits per heavy atom. The Morgan fingerprint density at radius 3 is 1.69 bits per heavy atom. The third-order valence-electron chi connectivity index (χ3n) is 11.8. The number of hydrogen-bond donors (Lipinski definition) is 0. The van der Waals surface area contributed by atoms with Gasteiger partial charge in [-0.2, -0.15) is 10.5 Å². The molecule has 0 unspecified atom stereocenters.